The van der Waals surface area contributed by atoms with Crippen LogP contribution in [0.25, 0.3) is 0 Å². The second kappa shape index (κ2) is 9.87. The van der Waals surface area contributed by atoms with Gasteiger partial charge in [-0.05, 0) is 39.7 Å². The minimum Gasteiger partial charge on any atom is -0.357 e. The van der Waals surface area contributed by atoms with Gasteiger partial charge in [-0.2, -0.15) is 24.9 Å². The minimum atomic E-state index is -4.11. The van der Waals surface area contributed by atoms with Crippen LogP contribution in [0.2, 0.25) is 0 Å². The Balaban J connectivity index is 0.00000312. The van der Waals surface area contributed by atoms with E-state index in [2.05, 4.69) is 24.1 Å². The van der Waals surface area contributed by atoms with Gasteiger partial charge in [0.05, 0.1) is 6.54 Å². The summed E-state index contributed by atoms with van der Waals surface area (Å²) in [5.41, 5.74) is 0. The van der Waals surface area contributed by atoms with E-state index < -0.39 is 12.7 Å². The fourth-order valence-electron chi connectivity index (χ4n) is 3.30. The number of rotatable bonds is 4. The van der Waals surface area contributed by atoms with Crippen molar-refractivity contribution in [3.63, 3.8) is 0 Å². The van der Waals surface area contributed by atoms with Crippen LogP contribution in [0.5, 0.6) is 0 Å². The number of nitrogens with one attached hydrogen (secondary N) is 1. The predicted octanol–water partition coefficient (Wildman–Crippen LogP) is 3.28. The maximum absolute atomic E-state index is 12.5. The fraction of sp³-hybridized carbons (Fsp3) is 0.938. The summed E-state index contributed by atoms with van der Waals surface area (Å²) in [6, 6.07) is 0. The first-order chi connectivity index (χ1) is 11.2. The van der Waals surface area contributed by atoms with Gasteiger partial charge in [0.2, 0.25) is 0 Å². The van der Waals surface area contributed by atoms with Gasteiger partial charge in [-0.1, -0.05) is 0 Å². The molecule has 2 rings (SSSR count). The van der Waals surface area contributed by atoms with Crippen molar-refractivity contribution < 1.29 is 13.2 Å². The number of likely N-dealkylation sites (tertiary alicyclic amines) is 1. The van der Waals surface area contributed by atoms with Crippen molar-refractivity contribution in [1.29, 1.82) is 0 Å². The van der Waals surface area contributed by atoms with E-state index in [1.165, 1.54) is 4.90 Å². The molecule has 148 valence electrons. The van der Waals surface area contributed by atoms with Crippen LogP contribution in [0.3, 0.4) is 0 Å². The molecule has 9 heteroatoms. The van der Waals surface area contributed by atoms with Crippen molar-refractivity contribution in [3.8, 4) is 0 Å². The molecule has 0 radical (unpaired) electrons. The van der Waals surface area contributed by atoms with Gasteiger partial charge in [-0.3, -0.25) is 9.89 Å². The number of alkyl halides is 3. The highest BCUT2D eigenvalue weighted by atomic mass is 127. The summed E-state index contributed by atoms with van der Waals surface area (Å²) in [6.45, 7) is 10.0. The van der Waals surface area contributed by atoms with Gasteiger partial charge in [-0.25, -0.2) is 0 Å². The average molecular weight is 494 g/mol. The molecule has 2 aliphatic rings. The molecule has 0 saturated carbocycles. The molecule has 1 atom stereocenters. The van der Waals surface area contributed by atoms with Crippen LogP contribution in [0.4, 0.5) is 13.2 Å². The minimum absolute atomic E-state index is 0. The Morgan fingerprint density at radius 1 is 1.32 bits per heavy atom. The number of thioether (sulfide) groups is 1. The lowest BCUT2D eigenvalue weighted by atomic mass is 10.1. The van der Waals surface area contributed by atoms with E-state index >= 15 is 0 Å². The third-order valence-electron chi connectivity index (χ3n) is 4.33. The van der Waals surface area contributed by atoms with Crippen LogP contribution in [-0.4, -0.2) is 78.2 Å². The van der Waals surface area contributed by atoms with Gasteiger partial charge < -0.3 is 10.2 Å². The number of guanidine groups is 1. The molecule has 2 saturated heterocycles. The molecule has 2 aliphatic heterocycles. The van der Waals surface area contributed by atoms with Gasteiger partial charge in [0, 0.05) is 43.2 Å². The first-order valence-electron chi connectivity index (χ1n) is 8.65. The van der Waals surface area contributed by atoms with Gasteiger partial charge in [0.1, 0.15) is 0 Å². The predicted molar refractivity (Wildman–Crippen MR) is 110 cm³/mol. The van der Waals surface area contributed by atoms with Gasteiger partial charge in [0.25, 0.3) is 0 Å². The van der Waals surface area contributed by atoms with E-state index in [9.17, 15) is 13.2 Å². The Kier molecular flexibility index (Phi) is 9.13. The Hall–Kier alpha value is 0.1000. The van der Waals surface area contributed by atoms with E-state index in [0.717, 1.165) is 37.8 Å². The molecule has 0 bridgehead atoms. The van der Waals surface area contributed by atoms with Gasteiger partial charge in [0.15, 0.2) is 5.96 Å². The van der Waals surface area contributed by atoms with Crippen LogP contribution in [-0.2, 0) is 0 Å². The van der Waals surface area contributed by atoms with E-state index in [-0.39, 0.29) is 34.6 Å². The van der Waals surface area contributed by atoms with Crippen molar-refractivity contribution in [1.82, 2.24) is 15.1 Å². The lowest BCUT2D eigenvalue weighted by Crippen LogP contribution is -2.51. The zero-order valence-electron chi connectivity index (χ0n) is 15.2. The number of nitrogens with zero attached hydrogens (tertiary/aromatic N) is 3. The van der Waals surface area contributed by atoms with Crippen molar-refractivity contribution in [2.45, 2.75) is 38.1 Å². The zero-order chi connectivity index (χ0) is 17.8. The molecule has 0 spiro atoms. The summed E-state index contributed by atoms with van der Waals surface area (Å²) in [4.78, 5) is 8.50. The Labute approximate surface area is 170 Å². The standard InChI is InChI=1S/C16H29F3N4S.HI/c1-4-20-14(23-7-8-24-15(2,3)11-23)21-9-13-5-6-22(10-13)12-16(17,18)19;/h13H,4-12H2,1-3H3,(H,20,21);1H. The molecule has 4 nitrogen and oxygen atoms in total. The molecular weight excluding hydrogens is 464 g/mol. The summed E-state index contributed by atoms with van der Waals surface area (Å²) in [5, 5.41) is 3.34. The Morgan fingerprint density at radius 2 is 2.04 bits per heavy atom. The number of hydrogen-bond donors (Lipinski definition) is 1. The SMILES string of the molecule is CCNC(=NCC1CCN(CC(F)(F)F)C1)N1CCSC(C)(C)C1.I. The number of hydrogen-bond acceptors (Lipinski definition) is 3. The van der Waals surface area contributed by atoms with E-state index in [1.807, 2.05) is 18.7 Å². The van der Waals surface area contributed by atoms with Crippen molar-refractivity contribution >= 4 is 41.7 Å². The van der Waals surface area contributed by atoms with Crippen molar-refractivity contribution in [3.05, 3.63) is 0 Å². The molecule has 0 aliphatic carbocycles. The quantitative estimate of drug-likeness (QED) is 0.370. The largest absolute Gasteiger partial charge is 0.401 e. The summed E-state index contributed by atoms with van der Waals surface area (Å²) >= 11 is 1.97. The zero-order valence-corrected chi connectivity index (χ0v) is 18.4. The van der Waals surface area contributed by atoms with Crippen LogP contribution < -0.4 is 5.32 Å². The Bertz CT molecular complexity index is 446. The second-order valence-corrected chi connectivity index (χ2v) is 9.03. The van der Waals surface area contributed by atoms with Crippen LogP contribution in [0.15, 0.2) is 4.99 Å². The van der Waals surface area contributed by atoms with Crippen LogP contribution >= 0.6 is 35.7 Å². The topological polar surface area (TPSA) is 30.9 Å². The maximum atomic E-state index is 12.5. The van der Waals surface area contributed by atoms with E-state index in [4.69, 9.17) is 4.99 Å². The molecule has 1 unspecified atom stereocenters. The molecule has 0 aromatic carbocycles. The second-order valence-electron chi connectivity index (χ2n) is 7.23. The first kappa shape index (κ1) is 23.1. The smallest absolute Gasteiger partial charge is 0.357 e. The molecule has 0 amide bonds. The monoisotopic (exact) mass is 494 g/mol. The highest BCUT2D eigenvalue weighted by Crippen LogP contribution is 2.29. The molecular formula is C16H30F3IN4S. The normalized spacial score (nSPS) is 25.0. The van der Waals surface area contributed by atoms with Crippen molar-refractivity contribution in [2.75, 3.05) is 51.6 Å². The summed E-state index contributed by atoms with van der Waals surface area (Å²) in [5.74, 6) is 2.19. The third kappa shape index (κ3) is 8.11. The maximum Gasteiger partial charge on any atom is 0.401 e. The van der Waals surface area contributed by atoms with E-state index in [1.54, 1.807) is 0 Å². The molecule has 0 aromatic rings. The lowest BCUT2D eigenvalue weighted by Gasteiger charge is -2.39. The summed E-state index contributed by atoms with van der Waals surface area (Å²) < 4.78 is 37.6. The fourth-order valence-corrected chi connectivity index (χ4v) is 4.41. The number of aliphatic imine (C=N–C) groups is 1. The van der Waals surface area contributed by atoms with E-state index in [0.29, 0.717) is 19.6 Å². The highest BCUT2D eigenvalue weighted by molar-refractivity contribution is 14.0. The lowest BCUT2D eigenvalue weighted by molar-refractivity contribution is -0.143. The third-order valence-corrected chi connectivity index (χ3v) is 5.63. The van der Waals surface area contributed by atoms with Gasteiger partial charge in [-0.15, -0.1) is 24.0 Å². The van der Waals surface area contributed by atoms with Gasteiger partial charge >= 0.3 is 6.18 Å². The summed E-state index contributed by atoms with van der Waals surface area (Å²) in [6.07, 6.45) is -3.32. The van der Waals surface area contributed by atoms with Crippen molar-refractivity contribution in [2.24, 2.45) is 10.9 Å². The molecule has 0 aromatic heterocycles. The average Bonchev–Trinajstić information content (AvgIpc) is 2.87. The molecule has 2 heterocycles. The van der Waals surface area contributed by atoms with Crippen LogP contribution in [0.1, 0.15) is 27.2 Å². The molecule has 1 N–H and O–H groups in total. The van der Waals surface area contributed by atoms with Crippen LogP contribution in [0, 0.1) is 5.92 Å². The Morgan fingerprint density at radius 3 is 2.64 bits per heavy atom. The summed E-state index contributed by atoms with van der Waals surface area (Å²) in [7, 11) is 0. The molecule has 25 heavy (non-hydrogen) atoms. The number of halogens is 4. The molecule has 2 fully saturated rings. The highest BCUT2D eigenvalue weighted by Gasteiger charge is 2.34. The first-order valence-corrected chi connectivity index (χ1v) is 9.63.